The Kier molecular flexibility index (Phi) is 7.09. The minimum atomic E-state index is -4.99. The van der Waals surface area contributed by atoms with Crippen LogP contribution >= 0.6 is 23.2 Å². The van der Waals surface area contributed by atoms with E-state index in [1.807, 2.05) is 0 Å². The summed E-state index contributed by atoms with van der Waals surface area (Å²) in [7, 11) is 0. The van der Waals surface area contributed by atoms with Gasteiger partial charge in [-0.1, -0.05) is 58.7 Å². The lowest BCUT2D eigenvalue weighted by Gasteiger charge is -2.15. The minimum Gasteiger partial charge on any atom is -0.278 e. The fourth-order valence-corrected chi connectivity index (χ4v) is 4.48. The predicted molar refractivity (Wildman–Crippen MR) is 136 cm³/mol. The Morgan fingerprint density at radius 2 is 1.40 bits per heavy atom. The fourth-order valence-electron chi connectivity index (χ4n) is 4.19. The highest BCUT2D eigenvalue weighted by atomic mass is 35.5. The monoisotopic (exact) mass is 596 g/mol. The van der Waals surface area contributed by atoms with E-state index in [9.17, 15) is 26.3 Å². The van der Waals surface area contributed by atoms with Gasteiger partial charge in [0.25, 0.3) is 0 Å². The third kappa shape index (κ3) is 5.41. The molecule has 0 saturated heterocycles. The molecule has 0 saturated carbocycles. The maximum Gasteiger partial charge on any atom is 0.416 e. The molecule has 0 aliphatic rings. The molecule has 3 aromatic carbocycles. The summed E-state index contributed by atoms with van der Waals surface area (Å²) in [4.78, 5) is 0. The Bertz CT molecular complexity index is 1660. The van der Waals surface area contributed by atoms with Crippen LogP contribution in [0.25, 0.3) is 28.5 Å². The molecule has 206 valence electrons. The average Bonchev–Trinajstić information content (AvgIpc) is 3.48. The van der Waals surface area contributed by atoms with Crippen LogP contribution in [0.5, 0.6) is 0 Å². The van der Waals surface area contributed by atoms with Gasteiger partial charge in [0.15, 0.2) is 11.5 Å². The standard InChI is InChI=1S/C26H16Cl2F6N6/c1-14-35-37-24(40(14)19-7-8-20(27)21(28)12-19)22-23(16-5-3-2-4-6-16)39(38-36-22)13-15-9-17(25(29,30)31)11-18(10-15)26(32,33)34/h2-12H,13H2,1H3. The molecule has 0 bridgehead atoms. The number of benzene rings is 3. The summed E-state index contributed by atoms with van der Waals surface area (Å²) in [6.45, 7) is 1.25. The third-order valence-corrected chi connectivity index (χ3v) is 6.70. The van der Waals surface area contributed by atoms with Gasteiger partial charge < -0.3 is 0 Å². The van der Waals surface area contributed by atoms with Crippen molar-refractivity contribution in [1.29, 1.82) is 0 Å². The maximum absolute atomic E-state index is 13.5. The normalized spacial score (nSPS) is 12.2. The van der Waals surface area contributed by atoms with Crippen LogP contribution in [-0.2, 0) is 18.9 Å². The molecule has 0 unspecified atom stereocenters. The lowest BCUT2D eigenvalue weighted by molar-refractivity contribution is -0.143. The summed E-state index contributed by atoms with van der Waals surface area (Å²) in [6, 6.07) is 14.9. The van der Waals surface area contributed by atoms with Crippen LogP contribution in [0, 0.1) is 6.92 Å². The Hall–Kier alpha value is -3.90. The molecule has 0 aliphatic heterocycles. The van der Waals surface area contributed by atoms with Gasteiger partial charge in [-0.3, -0.25) is 4.57 Å². The van der Waals surface area contributed by atoms with Gasteiger partial charge in [-0.15, -0.1) is 15.3 Å². The van der Waals surface area contributed by atoms with Crippen molar-refractivity contribution < 1.29 is 26.3 Å². The van der Waals surface area contributed by atoms with Crippen molar-refractivity contribution in [2.24, 2.45) is 0 Å². The molecule has 6 nitrogen and oxygen atoms in total. The van der Waals surface area contributed by atoms with Crippen LogP contribution in [-0.4, -0.2) is 29.8 Å². The summed E-state index contributed by atoms with van der Waals surface area (Å²) in [5, 5.41) is 17.3. The van der Waals surface area contributed by atoms with Crippen LogP contribution in [0.15, 0.2) is 66.7 Å². The second kappa shape index (κ2) is 10.3. The maximum atomic E-state index is 13.5. The van der Waals surface area contributed by atoms with Gasteiger partial charge in [0, 0.05) is 5.56 Å². The third-order valence-electron chi connectivity index (χ3n) is 5.96. The number of aryl methyl sites for hydroxylation is 1. The van der Waals surface area contributed by atoms with Gasteiger partial charge >= 0.3 is 12.4 Å². The quantitative estimate of drug-likeness (QED) is 0.193. The van der Waals surface area contributed by atoms with Gasteiger partial charge in [-0.2, -0.15) is 26.3 Å². The Morgan fingerprint density at radius 1 is 0.750 bits per heavy atom. The lowest BCUT2D eigenvalue weighted by atomic mass is 10.0. The molecule has 0 spiro atoms. The summed E-state index contributed by atoms with van der Waals surface area (Å²) < 4.78 is 83.7. The largest absolute Gasteiger partial charge is 0.416 e. The predicted octanol–water partition coefficient (Wildman–Crippen LogP) is 7.89. The van der Waals surface area contributed by atoms with Crippen molar-refractivity contribution in [2.45, 2.75) is 25.8 Å². The van der Waals surface area contributed by atoms with Crippen LogP contribution in [0.1, 0.15) is 22.5 Å². The summed E-state index contributed by atoms with van der Waals surface area (Å²) in [5.74, 6) is 0.677. The first kappa shape index (κ1) is 27.7. The van der Waals surface area contributed by atoms with Gasteiger partial charge in [0.05, 0.1) is 33.4 Å². The molecule has 0 aliphatic carbocycles. The number of aromatic nitrogens is 6. The van der Waals surface area contributed by atoms with E-state index >= 15 is 0 Å². The number of nitrogens with zero attached hydrogens (tertiary/aromatic N) is 6. The van der Waals surface area contributed by atoms with E-state index in [4.69, 9.17) is 23.2 Å². The summed E-state index contributed by atoms with van der Waals surface area (Å²) >= 11 is 12.3. The Labute approximate surface area is 232 Å². The topological polar surface area (TPSA) is 61.4 Å². The molecule has 2 aromatic heterocycles. The molecule has 5 aromatic rings. The SMILES string of the molecule is Cc1nnc(-c2nnn(Cc3cc(C(F)(F)F)cc(C(F)(F)F)c3)c2-c2ccccc2)n1-c1ccc(Cl)c(Cl)c1. The van der Waals surface area contributed by atoms with E-state index in [1.54, 1.807) is 60.0 Å². The first-order chi connectivity index (χ1) is 18.8. The first-order valence-electron chi connectivity index (χ1n) is 11.5. The van der Waals surface area contributed by atoms with Gasteiger partial charge in [0.2, 0.25) is 0 Å². The molecule has 40 heavy (non-hydrogen) atoms. The lowest BCUT2D eigenvalue weighted by Crippen LogP contribution is -2.13. The van der Waals surface area contributed by atoms with Crippen molar-refractivity contribution in [2.75, 3.05) is 0 Å². The molecular formula is C26H16Cl2F6N6. The van der Waals surface area contributed by atoms with Crippen LogP contribution in [0.2, 0.25) is 10.0 Å². The summed E-state index contributed by atoms with van der Waals surface area (Å²) in [6.07, 6.45) is -9.97. The van der Waals surface area contributed by atoms with Gasteiger partial charge in [0.1, 0.15) is 11.5 Å². The zero-order valence-corrected chi connectivity index (χ0v) is 21.8. The van der Waals surface area contributed by atoms with E-state index in [0.29, 0.717) is 39.9 Å². The molecule has 0 N–H and O–H groups in total. The zero-order valence-electron chi connectivity index (χ0n) is 20.3. The number of hydrogen-bond donors (Lipinski definition) is 0. The molecule has 14 heteroatoms. The van der Waals surface area contributed by atoms with Gasteiger partial charge in [-0.05, 0) is 48.9 Å². The molecule has 0 amide bonds. The minimum absolute atomic E-state index is 0.0802. The van der Waals surface area contributed by atoms with E-state index in [0.717, 1.165) is 0 Å². The van der Waals surface area contributed by atoms with Crippen molar-refractivity contribution in [3.05, 3.63) is 99.3 Å². The molecule has 0 radical (unpaired) electrons. The average molecular weight is 597 g/mol. The zero-order chi connectivity index (χ0) is 28.8. The number of rotatable bonds is 5. The van der Waals surface area contributed by atoms with E-state index in [2.05, 4.69) is 20.5 Å². The molecule has 0 atom stereocenters. The number of hydrogen-bond acceptors (Lipinski definition) is 4. The van der Waals surface area contributed by atoms with Crippen molar-refractivity contribution in [3.8, 4) is 28.5 Å². The fraction of sp³-hybridized carbons (Fsp3) is 0.154. The molecule has 2 heterocycles. The second-order valence-electron chi connectivity index (χ2n) is 8.73. The Morgan fingerprint density at radius 3 is 2.00 bits per heavy atom. The van der Waals surface area contributed by atoms with Crippen LogP contribution in [0.4, 0.5) is 26.3 Å². The number of halogens is 8. The first-order valence-corrected chi connectivity index (χ1v) is 12.2. The number of alkyl halides is 6. The van der Waals surface area contributed by atoms with Crippen molar-refractivity contribution in [1.82, 2.24) is 29.8 Å². The van der Waals surface area contributed by atoms with E-state index in [1.165, 1.54) is 4.68 Å². The van der Waals surface area contributed by atoms with Crippen LogP contribution in [0.3, 0.4) is 0 Å². The highest BCUT2D eigenvalue weighted by Crippen LogP contribution is 2.38. The highest BCUT2D eigenvalue weighted by molar-refractivity contribution is 6.42. The highest BCUT2D eigenvalue weighted by Gasteiger charge is 2.37. The molecule has 0 fully saturated rings. The van der Waals surface area contributed by atoms with Crippen molar-refractivity contribution >= 4 is 23.2 Å². The van der Waals surface area contributed by atoms with Crippen molar-refractivity contribution in [3.63, 3.8) is 0 Å². The summed E-state index contributed by atoms with van der Waals surface area (Å²) in [5.41, 5.74) is -1.51. The van der Waals surface area contributed by atoms with E-state index in [-0.39, 0.29) is 28.2 Å². The second-order valence-corrected chi connectivity index (χ2v) is 9.54. The van der Waals surface area contributed by atoms with Gasteiger partial charge in [-0.25, -0.2) is 4.68 Å². The van der Waals surface area contributed by atoms with E-state index < -0.39 is 30.0 Å². The Balaban J connectivity index is 1.68. The molecule has 5 rings (SSSR count). The van der Waals surface area contributed by atoms with Crippen LogP contribution < -0.4 is 0 Å². The molecular weight excluding hydrogens is 581 g/mol. The smallest absolute Gasteiger partial charge is 0.278 e.